The molecule has 0 atom stereocenters. The molecule has 0 aliphatic carbocycles. The number of piperidine rings is 1. The molecule has 1 amide bonds. The average molecular weight is 467 g/mol. The molecule has 1 aliphatic rings. The number of amides is 1. The predicted molar refractivity (Wildman–Crippen MR) is 127 cm³/mol. The fraction of sp³-hybridized carbons (Fsp3) is 0.269. The Kier molecular flexibility index (Phi) is 7.08. The first-order chi connectivity index (χ1) is 15.9. The molecule has 0 bridgehead atoms. The van der Waals surface area contributed by atoms with Crippen LogP contribution in [0.3, 0.4) is 0 Å². The van der Waals surface area contributed by atoms with Gasteiger partial charge in [-0.05, 0) is 55.0 Å². The summed E-state index contributed by atoms with van der Waals surface area (Å²) in [5.41, 5.74) is 1.15. The molecule has 1 fully saturated rings. The first kappa shape index (κ1) is 23.0. The number of halogens is 1. The summed E-state index contributed by atoms with van der Waals surface area (Å²) >= 11 is 0. The lowest BCUT2D eigenvalue weighted by Gasteiger charge is -2.34. The molecule has 33 heavy (non-hydrogen) atoms. The second-order valence-corrected chi connectivity index (χ2v) is 10.2. The molecule has 0 aromatic heterocycles. The fourth-order valence-electron chi connectivity index (χ4n) is 4.23. The van der Waals surface area contributed by atoms with E-state index in [4.69, 9.17) is 0 Å². The van der Waals surface area contributed by atoms with Crippen molar-refractivity contribution in [3.8, 4) is 0 Å². The first-order valence-corrected chi connectivity index (χ1v) is 12.5. The number of carbonyl (C=O) groups is 1. The summed E-state index contributed by atoms with van der Waals surface area (Å²) in [4.78, 5) is 14.8. The quantitative estimate of drug-likeness (QED) is 0.515. The maximum atomic E-state index is 14.6. The van der Waals surface area contributed by atoms with Crippen LogP contribution in [0.25, 0.3) is 0 Å². The molecule has 0 unspecified atom stereocenters. The van der Waals surface area contributed by atoms with Gasteiger partial charge in [0, 0.05) is 13.1 Å². The van der Waals surface area contributed by atoms with E-state index in [9.17, 15) is 17.6 Å². The van der Waals surface area contributed by atoms with Crippen molar-refractivity contribution < 1.29 is 17.6 Å². The molecule has 1 aliphatic heterocycles. The van der Waals surface area contributed by atoms with Crippen LogP contribution < -0.4 is 4.31 Å². The highest BCUT2D eigenvalue weighted by molar-refractivity contribution is 7.92. The Morgan fingerprint density at radius 1 is 0.879 bits per heavy atom. The van der Waals surface area contributed by atoms with Gasteiger partial charge < -0.3 is 4.90 Å². The fourth-order valence-corrected chi connectivity index (χ4v) is 5.67. The molecule has 172 valence electrons. The van der Waals surface area contributed by atoms with E-state index in [1.807, 2.05) is 18.2 Å². The van der Waals surface area contributed by atoms with Crippen molar-refractivity contribution in [3.63, 3.8) is 0 Å². The van der Waals surface area contributed by atoms with E-state index < -0.39 is 22.4 Å². The molecule has 1 heterocycles. The van der Waals surface area contributed by atoms with Crippen LogP contribution in [0.1, 0.15) is 18.4 Å². The molecule has 0 saturated carbocycles. The topological polar surface area (TPSA) is 57.7 Å². The van der Waals surface area contributed by atoms with E-state index in [1.54, 1.807) is 29.2 Å². The van der Waals surface area contributed by atoms with Crippen LogP contribution in [0, 0.1) is 11.7 Å². The summed E-state index contributed by atoms with van der Waals surface area (Å²) in [6, 6.07) is 23.7. The summed E-state index contributed by atoms with van der Waals surface area (Å²) in [5, 5.41) is 0. The lowest BCUT2D eigenvalue weighted by Crippen LogP contribution is -2.46. The highest BCUT2D eigenvalue weighted by atomic mass is 32.2. The van der Waals surface area contributed by atoms with Crippen LogP contribution >= 0.6 is 0 Å². The van der Waals surface area contributed by atoms with Gasteiger partial charge in [0.25, 0.3) is 10.0 Å². The van der Waals surface area contributed by atoms with Crippen LogP contribution in [-0.4, -0.2) is 38.9 Å². The van der Waals surface area contributed by atoms with Crippen molar-refractivity contribution in [2.75, 3.05) is 23.9 Å². The molecule has 0 radical (unpaired) electrons. The maximum Gasteiger partial charge on any atom is 0.264 e. The van der Waals surface area contributed by atoms with Gasteiger partial charge in [-0.15, -0.1) is 0 Å². The molecule has 3 aromatic carbocycles. The average Bonchev–Trinajstić information content (AvgIpc) is 2.84. The molecule has 0 N–H and O–H groups in total. The molecule has 0 spiro atoms. The summed E-state index contributed by atoms with van der Waals surface area (Å²) < 4.78 is 42.2. The number of sulfonamides is 1. The number of benzene rings is 3. The maximum absolute atomic E-state index is 14.6. The lowest BCUT2D eigenvalue weighted by atomic mass is 9.90. The summed E-state index contributed by atoms with van der Waals surface area (Å²) in [6.45, 7) is 0.682. The number of carbonyl (C=O) groups excluding carboxylic acids is 1. The van der Waals surface area contributed by atoms with Crippen molar-refractivity contribution in [2.45, 2.75) is 24.2 Å². The third-order valence-corrected chi connectivity index (χ3v) is 7.84. The van der Waals surface area contributed by atoms with Crippen molar-refractivity contribution in [2.24, 2.45) is 5.92 Å². The zero-order valence-corrected chi connectivity index (χ0v) is 19.1. The van der Waals surface area contributed by atoms with E-state index >= 15 is 0 Å². The summed E-state index contributed by atoms with van der Waals surface area (Å²) in [6.07, 6.45) is 2.67. The van der Waals surface area contributed by atoms with Crippen LogP contribution in [0.5, 0.6) is 0 Å². The van der Waals surface area contributed by atoms with Gasteiger partial charge in [-0.1, -0.05) is 60.7 Å². The molecule has 7 heteroatoms. The molecule has 5 nitrogen and oxygen atoms in total. The summed E-state index contributed by atoms with van der Waals surface area (Å²) in [7, 11) is -4.12. The Bertz CT molecular complexity index is 1180. The number of nitrogens with zero attached hydrogens (tertiary/aromatic N) is 2. The highest BCUT2D eigenvalue weighted by Crippen LogP contribution is 2.27. The van der Waals surface area contributed by atoms with E-state index in [1.165, 1.54) is 35.9 Å². The minimum atomic E-state index is -4.12. The van der Waals surface area contributed by atoms with Gasteiger partial charge in [0.05, 0.1) is 10.6 Å². The number of likely N-dealkylation sites (tertiary alicyclic amines) is 1. The molecule has 1 saturated heterocycles. The van der Waals surface area contributed by atoms with Crippen molar-refractivity contribution in [1.82, 2.24) is 4.90 Å². The van der Waals surface area contributed by atoms with Gasteiger partial charge in [0.1, 0.15) is 12.4 Å². The van der Waals surface area contributed by atoms with Gasteiger partial charge in [0.15, 0.2) is 0 Å². The smallest absolute Gasteiger partial charge is 0.264 e. The predicted octanol–water partition coefficient (Wildman–Crippen LogP) is 4.50. The van der Waals surface area contributed by atoms with Gasteiger partial charge in [-0.2, -0.15) is 0 Å². The van der Waals surface area contributed by atoms with E-state index in [0.717, 1.165) is 23.6 Å². The van der Waals surface area contributed by atoms with Crippen LogP contribution in [0.4, 0.5) is 10.1 Å². The van der Waals surface area contributed by atoms with E-state index in [0.29, 0.717) is 19.0 Å². The minimum absolute atomic E-state index is 0.0163. The number of para-hydroxylation sites is 1. The third-order valence-electron chi connectivity index (χ3n) is 6.07. The van der Waals surface area contributed by atoms with Crippen molar-refractivity contribution in [3.05, 3.63) is 96.3 Å². The minimum Gasteiger partial charge on any atom is -0.341 e. The Labute approximate surface area is 194 Å². The second-order valence-electron chi connectivity index (χ2n) is 8.29. The number of anilines is 1. The Morgan fingerprint density at radius 3 is 2.09 bits per heavy atom. The number of rotatable bonds is 7. The molecule has 4 rings (SSSR count). The number of hydrogen-bond acceptors (Lipinski definition) is 3. The van der Waals surface area contributed by atoms with Crippen LogP contribution in [0.2, 0.25) is 0 Å². The van der Waals surface area contributed by atoms with Crippen LogP contribution in [0.15, 0.2) is 89.8 Å². The summed E-state index contributed by atoms with van der Waals surface area (Å²) in [5.74, 6) is -0.533. The monoisotopic (exact) mass is 466 g/mol. The van der Waals surface area contributed by atoms with Gasteiger partial charge in [-0.3, -0.25) is 9.10 Å². The van der Waals surface area contributed by atoms with E-state index in [2.05, 4.69) is 12.1 Å². The van der Waals surface area contributed by atoms with Gasteiger partial charge >= 0.3 is 0 Å². The second kappa shape index (κ2) is 10.2. The van der Waals surface area contributed by atoms with Gasteiger partial charge in [-0.25, -0.2) is 12.8 Å². The zero-order valence-electron chi connectivity index (χ0n) is 18.3. The normalized spacial score (nSPS) is 14.8. The third kappa shape index (κ3) is 5.42. The molecule has 3 aromatic rings. The van der Waals surface area contributed by atoms with Crippen molar-refractivity contribution in [1.29, 1.82) is 0 Å². The van der Waals surface area contributed by atoms with Gasteiger partial charge in [0.2, 0.25) is 5.91 Å². The highest BCUT2D eigenvalue weighted by Gasteiger charge is 2.31. The SMILES string of the molecule is O=C(CN(c1ccccc1F)S(=O)(=O)c1ccccc1)N1CCC(Cc2ccccc2)CC1. The standard InChI is InChI=1S/C26H27FN2O3S/c27-24-13-7-8-14-25(24)29(33(31,32)23-11-5-2-6-12-23)20-26(30)28-17-15-22(16-18-28)19-21-9-3-1-4-10-21/h1-14,22H,15-20H2. The number of hydrogen-bond donors (Lipinski definition) is 0. The Hall–Kier alpha value is -3.19. The first-order valence-electron chi connectivity index (χ1n) is 11.1. The van der Waals surface area contributed by atoms with Crippen LogP contribution in [-0.2, 0) is 21.2 Å². The zero-order chi connectivity index (χ0) is 23.3. The lowest BCUT2D eigenvalue weighted by molar-refractivity contribution is -0.130. The molecular weight excluding hydrogens is 439 g/mol. The molecular formula is C26H27FN2O3S. The van der Waals surface area contributed by atoms with E-state index in [-0.39, 0.29) is 16.5 Å². The largest absolute Gasteiger partial charge is 0.341 e. The van der Waals surface area contributed by atoms with Crippen molar-refractivity contribution >= 4 is 21.6 Å². The Morgan fingerprint density at radius 2 is 1.45 bits per heavy atom. The Balaban J connectivity index is 1.49.